The Morgan fingerprint density at radius 3 is 2.38 bits per heavy atom. The van der Waals surface area contributed by atoms with Crippen LogP contribution in [0.4, 0.5) is 11.4 Å². The summed E-state index contributed by atoms with van der Waals surface area (Å²) < 4.78 is 5.21. The highest BCUT2D eigenvalue weighted by atomic mass is 35.5. The van der Waals surface area contributed by atoms with Crippen molar-refractivity contribution in [2.24, 2.45) is 0 Å². The van der Waals surface area contributed by atoms with E-state index in [-0.39, 0.29) is 23.3 Å². The van der Waals surface area contributed by atoms with Gasteiger partial charge in [0.25, 0.3) is 5.91 Å². The van der Waals surface area contributed by atoms with Gasteiger partial charge in [0.2, 0.25) is 5.91 Å². The van der Waals surface area contributed by atoms with Crippen molar-refractivity contribution >= 4 is 63.7 Å². The van der Waals surface area contributed by atoms with Crippen LogP contribution < -0.4 is 15.5 Å². The van der Waals surface area contributed by atoms with Crippen LogP contribution in [0.15, 0.2) is 65.3 Å². The zero-order valence-corrected chi connectivity index (χ0v) is 20.4. The Morgan fingerprint density at radius 1 is 1.00 bits per heavy atom. The summed E-state index contributed by atoms with van der Waals surface area (Å²) in [7, 11) is 0. The number of piperazine rings is 1. The van der Waals surface area contributed by atoms with Crippen LogP contribution in [0, 0.1) is 0 Å². The monoisotopic (exact) mass is 516 g/mol. The van der Waals surface area contributed by atoms with Crippen LogP contribution in [0.1, 0.15) is 16.1 Å². The second kappa shape index (κ2) is 10.9. The van der Waals surface area contributed by atoms with Crippen LogP contribution in [-0.2, 0) is 11.2 Å². The molecule has 1 aliphatic rings. The van der Waals surface area contributed by atoms with Crippen molar-refractivity contribution < 1.29 is 14.0 Å². The van der Waals surface area contributed by atoms with E-state index >= 15 is 0 Å². The standard InChI is InChI=1S/C24H22Cl2N4O3S/c25-17-5-3-16(4-6-17)14-22(31)28-24(34)27-18-7-8-20(19(26)15-18)29-9-11-30(12-10-29)23(32)21-2-1-13-33-21/h1-8,13,15H,9-12,14H2,(H2,27,28,31,34). The lowest BCUT2D eigenvalue weighted by Gasteiger charge is -2.36. The van der Waals surface area contributed by atoms with Gasteiger partial charge in [-0.1, -0.05) is 35.3 Å². The van der Waals surface area contributed by atoms with Gasteiger partial charge in [-0.3, -0.25) is 9.59 Å². The first-order chi connectivity index (χ1) is 16.4. The Morgan fingerprint density at radius 2 is 1.74 bits per heavy atom. The Labute approximate surface area is 212 Å². The quantitative estimate of drug-likeness (QED) is 0.482. The summed E-state index contributed by atoms with van der Waals surface area (Å²) in [6.45, 7) is 2.44. The number of carbonyl (C=O) groups excluding carboxylic acids is 2. The van der Waals surface area contributed by atoms with Gasteiger partial charge in [0.1, 0.15) is 0 Å². The van der Waals surface area contributed by atoms with E-state index in [9.17, 15) is 9.59 Å². The van der Waals surface area contributed by atoms with E-state index in [4.69, 9.17) is 39.8 Å². The van der Waals surface area contributed by atoms with Crippen LogP contribution >= 0.6 is 35.4 Å². The molecule has 1 fully saturated rings. The number of rotatable bonds is 5. The van der Waals surface area contributed by atoms with E-state index < -0.39 is 0 Å². The minimum absolute atomic E-state index is 0.109. The highest BCUT2D eigenvalue weighted by Crippen LogP contribution is 2.30. The van der Waals surface area contributed by atoms with Gasteiger partial charge in [0.05, 0.1) is 23.4 Å². The average Bonchev–Trinajstić information content (AvgIpc) is 3.35. The number of anilines is 2. The van der Waals surface area contributed by atoms with Crippen molar-refractivity contribution in [3.63, 3.8) is 0 Å². The van der Waals surface area contributed by atoms with E-state index in [2.05, 4.69) is 15.5 Å². The lowest BCUT2D eigenvalue weighted by atomic mass is 10.1. The van der Waals surface area contributed by atoms with Gasteiger partial charge in [0, 0.05) is 36.9 Å². The number of carbonyl (C=O) groups is 2. The van der Waals surface area contributed by atoms with Crippen LogP contribution in [0.25, 0.3) is 0 Å². The molecule has 2 N–H and O–H groups in total. The minimum Gasteiger partial charge on any atom is -0.459 e. The van der Waals surface area contributed by atoms with Crippen LogP contribution in [0.3, 0.4) is 0 Å². The van der Waals surface area contributed by atoms with Gasteiger partial charge in [0.15, 0.2) is 10.9 Å². The zero-order chi connectivity index (χ0) is 24.1. The number of halogens is 2. The molecule has 1 aliphatic heterocycles. The molecular weight excluding hydrogens is 495 g/mol. The topological polar surface area (TPSA) is 77.8 Å². The molecule has 10 heteroatoms. The summed E-state index contributed by atoms with van der Waals surface area (Å²) in [5.41, 5.74) is 2.37. The Balaban J connectivity index is 1.29. The molecule has 176 valence electrons. The molecule has 0 unspecified atom stereocenters. The average molecular weight is 517 g/mol. The lowest BCUT2D eigenvalue weighted by Crippen LogP contribution is -2.48. The van der Waals surface area contributed by atoms with Crippen molar-refractivity contribution in [2.45, 2.75) is 6.42 Å². The van der Waals surface area contributed by atoms with Crippen molar-refractivity contribution in [1.82, 2.24) is 10.2 Å². The molecule has 0 radical (unpaired) electrons. The molecule has 2 heterocycles. The van der Waals surface area contributed by atoms with Crippen LogP contribution in [0.2, 0.25) is 10.0 Å². The number of thiocarbonyl (C=S) groups is 1. The summed E-state index contributed by atoms with van der Waals surface area (Å²) >= 11 is 17.7. The Hall–Kier alpha value is -3.07. The second-order valence-corrected chi connectivity index (χ2v) is 8.98. The van der Waals surface area contributed by atoms with Crippen molar-refractivity contribution in [1.29, 1.82) is 0 Å². The molecule has 0 saturated carbocycles. The van der Waals surface area contributed by atoms with E-state index in [1.807, 2.05) is 12.1 Å². The van der Waals surface area contributed by atoms with E-state index in [1.54, 1.807) is 47.4 Å². The minimum atomic E-state index is -0.232. The number of benzene rings is 2. The normalized spacial score (nSPS) is 13.5. The Bertz CT molecular complexity index is 1180. The van der Waals surface area contributed by atoms with Gasteiger partial charge < -0.3 is 24.9 Å². The predicted molar refractivity (Wildman–Crippen MR) is 138 cm³/mol. The van der Waals surface area contributed by atoms with Crippen LogP contribution in [-0.4, -0.2) is 48.0 Å². The van der Waals surface area contributed by atoms with Gasteiger partial charge in [-0.05, 0) is 60.2 Å². The third kappa shape index (κ3) is 6.08. The molecule has 3 aromatic rings. The lowest BCUT2D eigenvalue weighted by molar-refractivity contribution is -0.119. The molecule has 0 aliphatic carbocycles. The third-order valence-corrected chi connectivity index (χ3v) is 6.13. The number of hydrogen-bond donors (Lipinski definition) is 2. The van der Waals surface area contributed by atoms with Crippen molar-refractivity contribution in [3.8, 4) is 0 Å². The van der Waals surface area contributed by atoms with Gasteiger partial charge in [-0.15, -0.1) is 0 Å². The highest BCUT2D eigenvalue weighted by molar-refractivity contribution is 7.80. The van der Waals surface area contributed by atoms with Crippen molar-refractivity contribution in [3.05, 3.63) is 82.2 Å². The molecule has 34 heavy (non-hydrogen) atoms. The first-order valence-electron chi connectivity index (χ1n) is 10.6. The molecule has 1 aromatic heterocycles. The molecule has 0 atom stereocenters. The maximum absolute atomic E-state index is 12.4. The van der Waals surface area contributed by atoms with E-state index in [0.29, 0.717) is 47.7 Å². The largest absolute Gasteiger partial charge is 0.459 e. The Kier molecular flexibility index (Phi) is 7.72. The summed E-state index contributed by atoms with van der Waals surface area (Å²) in [6.07, 6.45) is 1.68. The van der Waals surface area contributed by atoms with E-state index in [0.717, 1.165) is 11.3 Å². The van der Waals surface area contributed by atoms with Gasteiger partial charge in [-0.25, -0.2) is 0 Å². The summed E-state index contributed by atoms with van der Waals surface area (Å²) in [5.74, 6) is 0.00422. The van der Waals surface area contributed by atoms with Crippen LogP contribution in [0.5, 0.6) is 0 Å². The summed E-state index contributed by atoms with van der Waals surface area (Å²) in [6, 6.07) is 15.9. The summed E-state index contributed by atoms with van der Waals surface area (Å²) in [5, 5.41) is 7.01. The molecule has 1 saturated heterocycles. The SMILES string of the molecule is O=C(Cc1ccc(Cl)cc1)NC(=S)Nc1ccc(N2CCN(C(=O)c3ccco3)CC2)c(Cl)c1. The maximum atomic E-state index is 12.4. The smallest absolute Gasteiger partial charge is 0.289 e. The summed E-state index contributed by atoms with van der Waals surface area (Å²) in [4.78, 5) is 28.6. The van der Waals surface area contributed by atoms with Gasteiger partial charge >= 0.3 is 0 Å². The number of nitrogens with zero attached hydrogens (tertiary/aromatic N) is 2. The highest BCUT2D eigenvalue weighted by Gasteiger charge is 2.24. The number of nitrogens with one attached hydrogen (secondary N) is 2. The molecule has 2 amide bonds. The number of furan rings is 1. The zero-order valence-electron chi connectivity index (χ0n) is 18.1. The fourth-order valence-corrected chi connectivity index (χ4v) is 4.33. The molecule has 4 rings (SSSR count). The van der Waals surface area contributed by atoms with E-state index in [1.165, 1.54) is 6.26 Å². The molecular formula is C24H22Cl2N4O3S. The number of amides is 2. The first kappa shape index (κ1) is 24.1. The molecule has 2 aromatic carbocycles. The van der Waals surface area contributed by atoms with Crippen molar-refractivity contribution in [2.75, 3.05) is 36.4 Å². The number of hydrogen-bond acceptors (Lipinski definition) is 5. The fraction of sp³-hybridized carbons (Fsp3) is 0.208. The fourth-order valence-electron chi connectivity index (χ4n) is 3.67. The molecule has 0 bridgehead atoms. The van der Waals surface area contributed by atoms with Gasteiger partial charge in [-0.2, -0.15) is 0 Å². The first-order valence-corrected chi connectivity index (χ1v) is 11.8. The predicted octanol–water partition coefficient (Wildman–Crippen LogP) is 4.60. The maximum Gasteiger partial charge on any atom is 0.289 e. The second-order valence-electron chi connectivity index (χ2n) is 7.73. The molecule has 7 nitrogen and oxygen atoms in total. The molecule has 0 spiro atoms. The third-order valence-electron chi connectivity index (χ3n) is 5.38.